The fourth-order valence-electron chi connectivity index (χ4n) is 1.88. The molecule has 1 amide bonds. The van der Waals surface area contributed by atoms with Crippen LogP contribution in [0, 0.1) is 6.92 Å². The molecule has 1 aromatic carbocycles. The van der Waals surface area contributed by atoms with Crippen LogP contribution in [0.2, 0.25) is 0 Å². The van der Waals surface area contributed by atoms with Crippen LogP contribution in [0.25, 0.3) is 0 Å². The highest BCUT2D eigenvalue weighted by atomic mass is 32.2. The van der Waals surface area contributed by atoms with Gasteiger partial charge in [0.25, 0.3) is 10.0 Å². The highest BCUT2D eigenvalue weighted by molar-refractivity contribution is 7.90. The van der Waals surface area contributed by atoms with Crippen molar-refractivity contribution in [3.05, 3.63) is 42.0 Å². The van der Waals surface area contributed by atoms with Gasteiger partial charge in [-0.25, -0.2) is 17.9 Å². The van der Waals surface area contributed by atoms with Crippen molar-refractivity contribution in [1.82, 2.24) is 4.72 Å². The Morgan fingerprint density at radius 1 is 1.13 bits per heavy atom. The topological polar surface area (TPSA) is 72.5 Å². The lowest BCUT2D eigenvalue weighted by atomic mass is 10.2. The molecule has 1 aromatic rings. The normalized spacial score (nSPS) is 11.6. The number of carbonyl (C=O) groups is 1. The number of unbranched alkanes of at least 4 members (excludes halogenated alkanes) is 3. The number of carbonyl (C=O) groups excluding carboxylic acids is 1. The van der Waals surface area contributed by atoms with Crippen molar-refractivity contribution < 1.29 is 17.9 Å². The van der Waals surface area contributed by atoms with Gasteiger partial charge in [-0.2, -0.15) is 0 Å². The number of benzene rings is 1. The van der Waals surface area contributed by atoms with E-state index in [4.69, 9.17) is 4.74 Å². The molecule has 1 rings (SSSR count). The molecule has 6 heteroatoms. The van der Waals surface area contributed by atoms with Gasteiger partial charge in [0, 0.05) is 0 Å². The smallest absolute Gasteiger partial charge is 0.421 e. The van der Waals surface area contributed by atoms with Gasteiger partial charge in [0.2, 0.25) is 0 Å². The molecule has 0 aliphatic rings. The number of sulfonamides is 1. The zero-order chi connectivity index (χ0) is 17.1. The average Bonchev–Trinajstić information content (AvgIpc) is 2.50. The Balaban J connectivity index is 2.32. The quantitative estimate of drug-likeness (QED) is 0.546. The summed E-state index contributed by atoms with van der Waals surface area (Å²) in [5.74, 6) is 0. The van der Waals surface area contributed by atoms with Gasteiger partial charge in [0.15, 0.2) is 0 Å². The molecule has 0 aliphatic heterocycles. The summed E-state index contributed by atoms with van der Waals surface area (Å²) in [6, 6.07) is 6.24. The van der Waals surface area contributed by atoms with Crippen LogP contribution in [-0.4, -0.2) is 21.1 Å². The second-order valence-corrected chi connectivity index (χ2v) is 6.99. The van der Waals surface area contributed by atoms with Crippen molar-refractivity contribution in [1.29, 1.82) is 0 Å². The lowest BCUT2D eigenvalue weighted by molar-refractivity contribution is 0.154. The van der Waals surface area contributed by atoms with Gasteiger partial charge >= 0.3 is 6.09 Å². The SMILES string of the molecule is CCCCC/C=C/CCOC(=O)NS(=O)(=O)c1ccc(C)cc1. The number of aryl methyl sites for hydroxylation is 1. The van der Waals surface area contributed by atoms with Crippen molar-refractivity contribution in [2.75, 3.05) is 6.61 Å². The molecule has 0 heterocycles. The zero-order valence-corrected chi connectivity index (χ0v) is 14.6. The number of nitrogens with one attached hydrogen (secondary N) is 1. The van der Waals surface area contributed by atoms with Gasteiger partial charge in [-0.05, 0) is 38.3 Å². The standard InChI is InChI=1S/C17H25NO4S/c1-3-4-5-6-7-8-9-14-22-17(19)18-23(20,21)16-12-10-15(2)11-13-16/h7-8,10-13H,3-6,9,14H2,1-2H3,(H,18,19)/b8-7+. The van der Waals surface area contributed by atoms with Crippen molar-refractivity contribution in [3.8, 4) is 0 Å². The maximum absolute atomic E-state index is 12.0. The van der Waals surface area contributed by atoms with E-state index >= 15 is 0 Å². The van der Waals surface area contributed by atoms with Crippen molar-refractivity contribution in [3.63, 3.8) is 0 Å². The molecular formula is C17H25NO4S. The van der Waals surface area contributed by atoms with Crippen molar-refractivity contribution in [2.24, 2.45) is 0 Å². The highest BCUT2D eigenvalue weighted by Crippen LogP contribution is 2.10. The monoisotopic (exact) mass is 339 g/mol. The number of rotatable bonds is 9. The van der Waals surface area contributed by atoms with E-state index in [9.17, 15) is 13.2 Å². The third-order valence-corrected chi connectivity index (χ3v) is 4.54. The van der Waals surface area contributed by atoms with E-state index in [1.807, 2.05) is 17.7 Å². The van der Waals surface area contributed by atoms with E-state index in [1.165, 1.54) is 25.0 Å². The largest absolute Gasteiger partial charge is 0.449 e. The molecule has 128 valence electrons. The number of hydrogen-bond acceptors (Lipinski definition) is 4. The van der Waals surface area contributed by atoms with E-state index in [0.717, 1.165) is 18.4 Å². The van der Waals surface area contributed by atoms with E-state index < -0.39 is 16.1 Å². The summed E-state index contributed by atoms with van der Waals surface area (Å²) in [6.07, 6.45) is 8.18. The fourth-order valence-corrected chi connectivity index (χ4v) is 2.77. The number of amides is 1. The van der Waals surface area contributed by atoms with Crippen molar-refractivity contribution in [2.45, 2.75) is 50.8 Å². The first kappa shape index (κ1) is 19.2. The summed E-state index contributed by atoms with van der Waals surface area (Å²) in [5, 5.41) is 0. The lowest BCUT2D eigenvalue weighted by Gasteiger charge is -2.07. The minimum absolute atomic E-state index is 0.0378. The maximum atomic E-state index is 12.0. The molecule has 0 fully saturated rings. The molecule has 0 saturated heterocycles. The Bertz CT molecular complexity index is 606. The second kappa shape index (κ2) is 10.0. The first-order chi connectivity index (χ1) is 11.0. The fraction of sp³-hybridized carbons (Fsp3) is 0.471. The van der Waals surface area contributed by atoms with Crippen LogP contribution in [0.5, 0.6) is 0 Å². The van der Waals surface area contributed by atoms with Crippen LogP contribution in [0.1, 0.15) is 44.6 Å². The molecule has 0 unspecified atom stereocenters. The van der Waals surface area contributed by atoms with Crippen LogP contribution in [-0.2, 0) is 14.8 Å². The molecule has 0 saturated carbocycles. The second-order valence-electron chi connectivity index (χ2n) is 5.31. The van der Waals surface area contributed by atoms with Gasteiger partial charge in [0.1, 0.15) is 0 Å². The summed E-state index contributed by atoms with van der Waals surface area (Å²) in [5.41, 5.74) is 0.942. The predicted molar refractivity (Wildman–Crippen MR) is 90.7 cm³/mol. The summed E-state index contributed by atoms with van der Waals surface area (Å²) in [7, 11) is -3.88. The molecule has 0 spiro atoms. The van der Waals surface area contributed by atoms with E-state index in [1.54, 1.807) is 12.1 Å². The Hall–Kier alpha value is -1.82. The van der Waals surface area contributed by atoms with Crippen LogP contribution < -0.4 is 4.72 Å². The van der Waals surface area contributed by atoms with E-state index in [-0.39, 0.29) is 11.5 Å². The molecule has 1 N–H and O–H groups in total. The third-order valence-electron chi connectivity index (χ3n) is 3.21. The van der Waals surface area contributed by atoms with Crippen LogP contribution in [0.3, 0.4) is 0 Å². The number of ether oxygens (including phenoxy) is 1. The van der Waals surface area contributed by atoms with Gasteiger partial charge in [-0.1, -0.05) is 49.6 Å². The number of hydrogen-bond donors (Lipinski definition) is 1. The maximum Gasteiger partial charge on any atom is 0.421 e. The van der Waals surface area contributed by atoms with Gasteiger partial charge < -0.3 is 4.74 Å². The van der Waals surface area contributed by atoms with E-state index in [0.29, 0.717) is 6.42 Å². The first-order valence-electron chi connectivity index (χ1n) is 7.87. The van der Waals surface area contributed by atoms with Crippen LogP contribution in [0.15, 0.2) is 41.3 Å². The minimum Gasteiger partial charge on any atom is -0.449 e. The molecule has 0 aliphatic carbocycles. The number of allylic oxidation sites excluding steroid dienone is 1. The van der Waals surface area contributed by atoms with Gasteiger partial charge in [-0.15, -0.1) is 0 Å². The summed E-state index contributed by atoms with van der Waals surface area (Å²) >= 11 is 0. The Labute approximate surface area is 138 Å². The predicted octanol–water partition coefficient (Wildman–Crippen LogP) is 3.94. The first-order valence-corrected chi connectivity index (χ1v) is 9.35. The van der Waals surface area contributed by atoms with Gasteiger partial charge in [0.05, 0.1) is 11.5 Å². The van der Waals surface area contributed by atoms with Crippen LogP contribution >= 0.6 is 0 Å². The Kier molecular flexibility index (Phi) is 8.40. The molecule has 23 heavy (non-hydrogen) atoms. The Morgan fingerprint density at radius 3 is 2.43 bits per heavy atom. The Morgan fingerprint density at radius 2 is 1.78 bits per heavy atom. The summed E-state index contributed by atoms with van der Waals surface area (Å²) < 4.78 is 30.7. The molecule has 0 radical (unpaired) electrons. The summed E-state index contributed by atoms with van der Waals surface area (Å²) in [4.78, 5) is 11.6. The molecular weight excluding hydrogens is 314 g/mol. The van der Waals surface area contributed by atoms with Crippen molar-refractivity contribution >= 4 is 16.1 Å². The van der Waals surface area contributed by atoms with Gasteiger partial charge in [-0.3, -0.25) is 0 Å². The molecule has 5 nitrogen and oxygen atoms in total. The highest BCUT2D eigenvalue weighted by Gasteiger charge is 2.17. The molecule has 0 aromatic heterocycles. The molecule has 0 atom stereocenters. The summed E-state index contributed by atoms with van der Waals surface area (Å²) in [6.45, 7) is 4.16. The minimum atomic E-state index is -3.88. The van der Waals surface area contributed by atoms with Crippen LogP contribution in [0.4, 0.5) is 4.79 Å². The zero-order valence-electron chi connectivity index (χ0n) is 13.7. The third kappa shape index (κ3) is 7.83. The lowest BCUT2D eigenvalue weighted by Crippen LogP contribution is -2.31. The average molecular weight is 339 g/mol. The molecule has 0 bridgehead atoms. The van der Waals surface area contributed by atoms with E-state index in [2.05, 4.69) is 13.0 Å².